The third kappa shape index (κ3) is 0.978. The summed E-state index contributed by atoms with van der Waals surface area (Å²) in [6.07, 6.45) is 2.08. The summed E-state index contributed by atoms with van der Waals surface area (Å²) in [4.78, 5) is 23.8. The van der Waals surface area contributed by atoms with Crippen LogP contribution in [0.15, 0.2) is 17.1 Å². The van der Waals surface area contributed by atoms with Crippen molar-refractivity contribution in [3.63, 3.8) is 0 Å². The lowest BCUT2D eigenvalue weighted by Crippen LogP contribution is -2.09. The number of nitrogens with one attached hydrogen (secondary N) is 1. The molecule has 3 nitrogen and oxygen atoms in total. The van der Waals surface area contributed by atoms with Gasteiger partial charge in [0.1, 0.15) is 0 Å². The normalized spacial score (nSPS) is 9.30. The molecule has 0 fully saturated rings. The third-order valence-electron chi connectivity index (χ3n) is 1.32. The Kier molecular flexibility index (Phi) is 1.67. The first-order chi connectivity index (χ1) is 4.75. The minimum Gasteiger partial charge on any atom is -0.364 e. The average molecular weight is 137 g/mol. The number of aromatic nitrogens is 1. The number of rotatable bonds is 1. The molecule has 0 aliphatic carbocycles. The van der Waals surface area contributed by atoms with E-state index in [4.69, 9.17) is 0 Å². The van der Waals surface area contributed by atoms with Crippen LogP contribution in [0, 0.1) is 6.92 Å². The van der Waals surface area contributed by atoms with Gasteiger partial charge in [-0.1, -0.05) is 0 Å². The van der Waals surface area contributed by atoms with Crippen molar-refractivity contribution in [3.8, 4) is 0 Å². The van der Waals surface area contributed by atoms with Crippen LogP contribution >= 0.6 is 0 Å². The summed E-state index contributed by atoms with van der Waals surface area (Å²) < 4.78 is 0. The van der Waals surface area contributed by atoms with Crippen LogP contribution < -0.4 is 5.43 Å². The molecule has 0 saturated carbocycles. The van der Waals surface area contributed by atoms with E-state index in [1.807, 2.05) is 0 Å². The van der Waals surface area contributed by atoms with Crippen LogP contribution in [0.3, 0.4) is 0 Å². The van der Waals surface area contributed by atoms with E-state index >= 15 is 0 Å². The van der Waals surface area contributed by atoms with Crippen molar-refractivity contribution in [2.75, 3.05) is 0 Å². The van der Waals surface area contributed by atoms with Gasteiger partial charge in [0, 0.05) is 18.0 Å². The van der Waals surface area contributed by atoms with E-state index in [-0.39, 0.29) is 11.0 Å². The molecule has 0 aromatic carbocycles. The van der Waals surface area contributed by atoms with Gasteiger partial charge in [-0.15, -0.1) is 0 Å². The summed E-state index contributed by atoms with van der Waals surface area (Å²) in [6, 6.07) is 1.33. The second-order valence-electron chi connectivity index (χ2n) is 2.00. The lowest BCUT2D eigenvalue weighted by molar-refractivity contribution is 0.112. The molecule has 0 aliphatic rings. The maximum absolute atomic E-state index is 10.8. The van der Waals surface area contributed by atoms with Gasteiger partial charge in [-0.05, 0) is 6.92 Å². The zero-order chi connectivity index (χ0) is 7.56. The van der Waals surface area contributed by atoms with Gasteiger partial charge in [0.25, 0.3) is 0 Å². The first-order valence-electron chi connectivity index (χ1n) is 2.89. The summed E-state index contributed by atoms with van der Waals surface area (Å²) in [5, 5.41) is 0. The Morgan fingerprint density at radius 1 is 1.60 bits per heavy atom. The molecule has 1 heterocycles. The Hall–Kier alpha value is -1.38. The maximum Gasteiger partial charge on any atom is 0.192 e. The molecule has 0 amide bonds. The number of hydrogen-bond acceptors (Lipinski definition) is 2. The third-order valence-corrected chi connectivity index (χ3v) is 1.32. The topological polar surface area (TPSA) is 49.9 Å². The highest BCUT2D eigenvalue weighted by Crippen LogP contribution is 1.91. The van der Waals surface area contributed by atoms with Crippen LogP contribution in [0.5, 0.6) is 0 Å². The van der Waals surface area contributed by atoms with Crippen molar-refractivity contribution in [3.05, 3.63) is 33.7 Å². The molecule has 1 aromatic rings. The summed E-state index contributed by atoms with van der Waals surface area (Å²) in [7, 11) is 0. The van der Waals surface area contributed by atoms with Crippen LogP contribution in [-0.2, 0) is 0 Å². The molecule has 3 heteroatoms. The number of aryl methyl sites for hydroxylation is 1. The number of aldehydes is 1. The molecule has 0 unspecified atom stereocenters. The monoisotopic (exact) mass is 137 g/mol. The smallest absolute Gasteiger partial charge is 0.192 e. The fourth-order valence-electron chi connectivity index (χ4n) is 0.741. The molecule has 0 spiro atoms. The highest BCUT2D eigenvalue weighted by molar-refractivity contribution is 5.75. The number of H-pyrrole nitrogens is 1. The van der Waals surface area contributed by atoms with Gasteiger partial charge in [-0.25, -0.2) is 0 Å². The quantitative estimate of drug-likeness (QED) is 0.573. The Morgan fingerprint density at radius 3 is 2.70 bits per heavy atom. The minimum absolute atomic E-state index is 0.211. The molecule has 1 N–H and O–H groups in total. The van der Waals surface area contributed by atoms with Crippen LogP contribution in [0.25, 0.3) is 0 Å². The summed E-state index contributed by atoms with van der Waals surface area (Å²) in [5.74, 6) is 0. The largest absolute Gasteiger partial charge is 0.364 e. The molecule has 1 rings (SSSR count). The first kappa shape index (κ1) is 6.74. The zero-order valence-corrected chi connectivity index (χ0v) is 5.55. The fourth-order valence-corrected chi connectivity index (χ4v) is 0.741. The number of hydrogen-bond donors (Lipinski definition) is 1. The van der Waals surface area contributed by atoms with Gasteiger partial charge in [0.2, 0.25) is 0 Å². The van der Waals surface area contributed by atoms with Gasteiger partial charge in [-0.3, -0.25) is 9.59 Å². The summed E-state index contributed by atoms with van der Waals surface area (Å²) in [5.41, 5.74) is 0.594. The molecule has 10 heavy (non-hydrogen) atoms. The van der Waals surface area contributed by atoms with Gasteiger partial charge < -0.3 is 4.98 Å². The number of aromatic amines is 1. The highest BCUT2D eigenvalue weighted by Gasteiger charge is 1.98. The SMILES string of the molecule is Cc1[nH]ccc(=O)c1C=O. The number of pyridine rings is 1. The van der Waals surface area contributed by atoms with Gasteiger partial charge in [-0.2, -0.15) is 0 Å². The lowest BCUT2D eigenvalue weighted by Gasteiger charge is -1.93. The fraction of sp³-hybridized carbons (Fsp3) is 0.143. The van der Waals surface area contributed by atoms with E-state index in [0.717, 1.165) is 0 Å². The number of carbonyl (C=O) groups is 1. The molecular weight excluding hydrogens is 130 g/mol. The van der Waals surface area contributed by atoms with Crippen molar-refractivity contribution in [2.24, 2.45) is 0 Å². The molecule has 0 radical (unpaired) electrons. The van der Waals surface area contributed by atoms with Gasteiger partial charge in [0.05, 0.1) is 5.56 Å². The Labute approximate surface area is 57.7 Å². The van der Waals surface area contributed by atoms with Gasteiger partial charge >= 0.3 is 0 Å². The first-order valence-corrected chi connectivity index (χ1v) is 2.89. The van der Waals surface area contributed by atoms with Crippen LogP contribution in [0.4, 0.5) is 0 Å². The predicted molar refractivity (Wildman–Crippen MR) is 37.2 cm³/mol. The van der Waals surface area contributed by atoms with Crippen molar-refractivity contribution in [1.29, 1.82) is 0 Å². The number of carbonyl (C=O) groups excluding carboxylic acids is 1. The maximum atomic E-state index is 10.8. The molecule has 1 aromatic heterocycles. The zero-order valence-electron chi connectivity index (χ0n) is 5.55. The van der Waals surface area contributed by atoms with E-state index in [1.165, 1.54) is 12.3 Å². The predicted octanol–water partition coefficient (Wildman–Crippen LogP) is 0.496. The Morgan fingerprint density at radius 2 is 2.30 bits per heavy atom. The van der Waals surface area contributed by atoms with Crippen molar-refractivity contribution in [1.82, 2.24) is 4.98 Å². The highest BCUT2D eigenvalue weighted by atomic mass is 16.1. The minimum atomic E-state index is -0.230. The summed E-state index contributed by atoms with van der Waals surface area (Å²) in [6.45, 7) is 1.69. The second kappa shape index (κ2) is 2.47. The van der Waals surface area contributed by atoms with E-state index in [2.05, 4.69) is 4.98 Å². The van der Waals surface area contributed by atoms with E-state index in [9.17, 15) is 9.59 Å². The van der Waals surface area contributed by atoms with E-state index in [0.29, 0.717) is 12.0 Å². The average Bonchev–Trinajstić information content (AvgIpc) is 1.88. The van der Waals surface area contributed by atoms with Crippen molar-refractivity contribution < 1.29 is 4.79 Å². The lowest BCUT2D eigenvalue weighted by atomic mass is 10.2. The standard InChI is InChI=1S/C7H7NO2/c1-5-6(4-9)7(10)2-3-8-5/h2-4H,1H3,(H,8,10). The van der Waals surface area contributed by atoms with Gasteiger partial charge in [0.15, 0.2) is 11.7 Å². The van der Waals surface area contributed by atoms with Crippen LogP contribution in [-0.4, -0.2) is 11.3 Å². The van der Waals surface area contributed by atoms with Crippen molar-refractivity contribution in [2.45, 2.75) is 6.92 Å². The van der Waals surface area contributed by atoms with Crippen molar-refractivity contribution >= 4 is 6.29 Å². The second-order valence-corrected chi connectivity index (χ2v) is 2.00. The molecule has 0 atom stereocenters. The molecular formula is C7H7NO2. The molecule has 0 saturated heterocycles. The van der Waals surface area contributed by atoms with Crippen LogP contribution in [0.1, 0.15) is 16.1 Å². The van der Waals surface area contributed by atoms with E-state index in [1.54, 1.807) is 6.92 Å². The van der Waals surface area contributed by atoms with E-state index < -0.39 is 0 Å². The molecule has 0 aliphatic heterocycles. The van der Waals surface area contributed by atoms with Crippen LogP contribution in [0.2, 0.25) is 0 Å². The Bertz CT molecular complexity index is 301. The molecule has 0 bridgehead atoms. The summed E-state index contributed by atoms with van der Waals surface area (Å²) >= 11 is 0. The Balaban J connectivity index is 3.45. The molecule has 52 valence electrons.